The van der Waals surface area contributed by atoms with Gasteiger partial charge in [-0.15, -0.1) is 0 Å². The van der Waals surface area contributed by atoms with Gasteiger partial charge in [0, 0.05) is 18.8 Å². The van der Waals surface area contributed by atoms with Gasteiger partial charge in [-0.25, -0.2) is 0 Å². The van der Waals surface area contributed by atoms with Crippen LogP contribution in [0.25, 0.3) is 0 Å². The first-order valence-corrected chi connectivity index (χ1v) is 5.90. The monoisotopic (exact) mass is 260 g/mol. The first-order valence-electron chi connectivity index (χ1n) is 4.92. The van der Waals surface area contributed by atoms with Crippen LogP contribution in [0.4, 0.5) is 13.2 Å². The summed E-state index contributed by atoms with van der Waals surface area (Å²) in [4.78, 5) is 0. The zero-order valence-corrected chi connectivity index (χ0v) is 9.74. The summed E-state index contributed by atoms with van der Waals surface area (Å²) in [7, 11) is 0. The fourth-order valence-electron chi connectivity index (χ4n) is 1.22. The minimum Gasteiger partial charge on any atom is -0.312 e. The molecule has 0 bridgehead atoms. The van der Waals surface area contributed by atoms with Crippen molar-refractivity contribution in [1.82, 2.24) is 5.32 Å². The first-order chi connectivity index (χ1) is 8.01. The van der Waals surface area contributed by atoms with Gasteiger partial charge in [-0.2, -0.15) is 18.4 Å². The predicted molar refractivity (Wildman–Crippen MR) is 61.4 cm³/mol. The molecule has 0 radical (unpaired) electrons. The van der Waals surface area contributed by atoms with E-state index < -0.39 is 5.51 Å². The number of alkyl halides is 3. The van der Waals surface area contributed by atoms with Crippen LogP contribution < -0.4 is 5.32 Å². The molecule has 17 heavy (non-hydrogen) atoms. The fourth-order valence-corrected chi connectivity index (χ4v) is 1.70. The summed E-state index contributed by atoms with van der Waals surface area (Å²) in [6.45, 7) is 0.745. The molecule has 0 spiro atoms. The second kappa shape index (κ2) is 6.52. The molecule has 2 nitrogen and oxygen atoms in total. The molecule has 0 unspecified atom stereocenters. The van der Waals surface area contributed by atoms with E-state index in [1.807, 2.05) is 12.1 Å². The molecule has 0 aliphatic rings. The molecule has 1 aromatic rings. The minimum atomic E-state index is -4.16. The predicted octanol–water partition coefficient (Wildman–Crippen LogP) is 2.90. The summed E-state index contributed by atoms with van der Waals surface area (Å²) in [6.07, 6.45) is 0. The van der Waals surface area contributed by atoms with E-state index in [4.69, 9.17) is 5.26 Å². The van der Waals surface area contributed by atoms with Crippen molar-refractivity contribution in [3.05, 3.63) is 35.4 Å². The summed E-state index contributed by atoms with van der Waals surface area (Å²) in [5.41, 5.74) is -2.72. The van der Waals surface area contributed by atoms with Gasteiger partial charge in [0.05, 0.1) is 11.6 Å². The Bertz CT molecular complexity index is 398. The highest BCUT2D eigenvalue weighted by Gasteiger charge is 2.27. The van der Waals surface area contributed by atoms with Gasteiger partial charge in [0.1, 0.15) is 0 Å². The molecule has 0 atom stereocenters. The molecule has 1 aromatic carbocycles. The van der Waals surface area contributed by atoms with Crippen molar-refractivity contribution < 1.29 is 13.2 Å². The van der Waals surface area contributed by atoms with Crippen molar-refractivity contribution in [2.24, 2.45) is 0 Å². The van der Waals surface area contributed by atoms with Gasteiger partial charge >= 0.3 is 5.51 Å². The standard InChI is InChI=1S/C11H11F3N2S/c12-11(13,14)17-5-4-16-8-10-3-1-2-9(6-10)7-15/h1-3,6,16H,4-5,8H2. The van der Waals surface area contributed by atoms with Gasteiger partial charge in [0.15, 0.2) is 0 Å². The molecule has 1 N–H and O–H groups in total. The SMILES string of the molecule is N#Cc1cccc(CNCCSC(F)(F)F)c1. The summed E-state index contributed by atoms with van der Waals surface area (Å²) in [5, 5.41) is 11.6. The molecule has 1 rings (SSSR count). The summed E-state index contributed by atoms with van der Waals surface area (Å²) < 4.78 is 35.4. The zero-order chi connectivity index (χ0) is 12.7. The number of hydrogen-bond acceptors (Lipinski definition) is 3. The number of nitriles is 1. The van der Waals surface area contributed by atoms with Crippen LogP contribution in [0.1, 0.15) is 11.1 Å². The van der Waals surface area contributed by atoms with Crippen molar-refractivity contribution in [1.29, 1.82) is 5.26 Å². The topological polar surface area (TPSA) is 35.8 Å². The Labute approximate surface area is 102 Å². The average molecular weight is 260 g/mol. The lowest BCUT2D eigenvalue weighted by Crippen LogP contribution is -2.18. The molecule has 0 saturated heterocycles. The minimum absolute atomic E-state index is 0.0125. The van der Waals surface area contributed by atoms with E-state index in [9.17, 15) is 13.2 Å². The van der Waals surface area contributed by atoms with Crippen LogP contribution in [0.3, 0.4) is 0 Å². The van der Waals surface area contributed by atoms with Gasteiger partial charge in [-0.05, 0) is 29.5 Å². The van der Waals surface area contributed by atoms with Crippen molar-refractivity contribution in [2.45, 2.75) is 12.1 Å². The lowest BCUT2D eigenvalue weighted by atomic mass is 10.1. The second-order valence-corrected chi connectivity index (χ2v) is 4.44. The Morgan fingerprint density at radius 3 is 2.76 bits per heavy atom. The molecule has 0 aromatic heterocycles. The number of benzene rings is 1. The highest BCUT2D eigenvalue weighted by Crippen LogP contribution is 2.29. The van der Waals surface area contributed by atoms with E-state index in [0.717, 1.165) is 5.56 Å². The normalized spacial score (nSPS) is 11.2. The molecule has 0 aliphatic carbocycles. The Morgan fingerprint density at radius 1 is 1.35 bits per heavy atom. The van der Waals surface area contributed by atoms with Crippen LogP contribution in [-0.4, -0.2) is 17.8 Å². The van der Waals surface area contributed by atoms with Crippen LogP contribution in [-0.2, 0) is 6.54 Å². The third-order valence-electron chi connectivity index (χ3n) is 1.93. The number of hydrogen-bond donors (Lipinski definition) is 1. The maximum Gasteiger partial charge on any atom is 0.441 e. The van der Waals surface area contributed by atoms with Crippen LogP contribution in [0.2, 0.25) is 0 Å². The number of nitrogens with one attached hydrogen (secondary N) is 1. The van der Waals surface area contributed by atoms with Gasteiger partial charge < -0.3 is 5.32 Å². The van der Waals surface area contributed by atoms with E-state index >= 15 is 0 Å². The third-order valence-corrected chi connectivity index (χ3v) is 2.67. The van der Waals surface area contributed by atoms with Crippen LogP contribution >= 0.6 is 11.8 Å². The Balaban J connectivity index is 2.25. The maximum atomic E-state index is 11.8. The maximum absolute atomic E-state index is 11.8. The number of thioether (sulfide) groups is 1. The molecule has 0 fully saturated rings. The Hall–Kier alpha value is -1.19. The molecule has 0 amide bonds. The lowest BCUT2D eigenvalue weighted by molar-refractivity contribution is -0.0327. The summed E-state index contributed by atoms with van der Waals surface area (Å²) in [5.74, 6) is -0.0125. The summed E-state index contributed by atoms with van der Waals surface area (Å²) >= 11 is -0.0385. The second-order valence-electron chi connectivity index (χ2n) is 3.28. The highest BCUT2D eigenvalue weighted by molar-refractivity contribution is 8.00. The Morgan fingerprint density at radius 2 is 2.12 bits per heavy atom. The molecular formula is C11H11F3N2S. The zero-order valence-electron chi connectivity index (χ0n) is 8.92. The number of halogens is 3. The van der Waals surface area contributed by atoms with E-state index in [1.54, 1.807) is 18.2 Å². The van der Waals surface area contributed by atoms with Crippen molar-refractivity contribution in [3.8, 4) is 6.07 Å². The quantitative estimate of drug-likeness (QED) is 0.827. The van der Waals surface area contributed by atoms with Gasteiger partial charge in [0.2, 0.25) is 0 Å². The van der Waals surface area contributed by atoms with Crippen LogP contribution in [0.15, 0.2) is 24.3 Å². The number of nitrogens with zero attached hydrogens (tertiary/aromatic N) is 1. The van der Waals surface area contributed by atoms with E-state index in [0.29, 0.717) is 12.1 Å². The molecular weight excluding hydrogens is 249 g/mol. The van der Waals surface area contributed by atoms with Gasteiger partial charge in [-0.1, -0.05) is 12.1 Å². The molecule has 0 heterocycles. The van der Waals surface area contributed by atoms with E-state index in [1.165, 1.54) is 0 Å². The molecule has 92 valence electrons. The molecule has 0 aliphatic heterocycles. The molecule has 6 heteroatoms. The van der Waals surface area contributed by atoms with Crippen LogP contribution in [0.5, 0.6) is 0 Å². The summed E-state index contributed by atoms with van der Waals surface area (Å²) in [6, 6.07) is 8.98. The number of rotatable bonds is 5. The lowest BCUT2D eigenvalue weighted by Gasteiger charge is -2.07. The smallest absolute Gasteiger partial charge is 0.312 e. The first kappa shape index (κ1) is 13.9. The Kier molecular flexibility index (Phi) is 5.32. The largest absolute Gasteiger partial charge is 0.441 e. The van der Waals surface area contributed by atoms with Gasteiger partial charge in [-0.3, -0.25) is 0 Å². The molecule has 0 saturated carbocycles. The van der Waals surface area contributed by atoms with Gasteiger partial charge in [0.25, 0.3) is 0 Å². The highest BCUT2D eigenvalue weighted by atomic mass is 32.2. The van der Waals surface area contributed by atoms with Crippen molar-refractivity contribution in [3.63, 3.8) is 0 Å². The van der Waals surface area contributed by atoms with Crippen molar-refractivity contribution in [2.75, 3.05) is 12.3 Å². The van der Waals surface area contributed by atoms with E-state index in [2.05, 4.69) is 5.32 Å². The average Bonchev–Trinajstić information content (AvgIpc) is 2.27. The van der Waals surface area contributed by atoms with E-state index in [-0.39, 0.29) is 24.1 Å². The van der Waals surface area contributed by atoms with Crippen molar-refractivity contribution >= 4 is 11.8 Å². The fraction of sp³-hybridized carbons (Fsp3) is 0.364. The third kappa shape index (κ3) is 6.19. The van der Waals surface area contributed by atoms with Crippen LogP contribution in [0, 0.1) is 11.3 Å².